The van der Waals surface area contributed by atoms with E-state index < -0.39 is 0 Å². The molecule has 1 aromatic heterocycles. The van der Waals surface area contributed by atoms with E-state index in [0.717, 1.165) is 0 Å². The molecule has 0 spiro atoms. The first-order chi connectivity index (χ1) is 9.34. The standard InChI is InChI=1S/C12H21N5O3/c1-12(2,3)9-14-10(15-20-9)17-8(13-5-6-18)7-16(4)11(17)19/h8,13,18H,5-7H2,1-4H3. The van der Waals surface area contributed by atoms with Crippen LogP contribution < -0.4 is 10.2 Å². The van der Waals surface area contributed by atoms with Gasteiger partial charge in [-0.25, -0.2) is 9.69 Å². The van der Waals surface area contributed by atoms with E-state index in [9.17, 15) is 4.79 Å². The Morgan fingerprint density at radius 3 is 2.75 bits per heavy atom. The Bertz CT molecular complexity index is 482. The fourth-order valence-corrected chi connectivity index (χ4v) is 1.97. The summed E-state index contributed by atoms with van der Waals surface area (Å²) in [6, 6.07) is -0.193. The highest BCUT2D eigenvalue weighted by Gasteiger charge is 2.39. The quantitative estimate of drug-likeness (QED) is 0.816. The summed E-state index contributed by atoms with van der Waals surface area (Å²) >= 11 is 0. The summed E-state index contributed by atoms with van der Waals surface area (Å²) in [5.41, 5.74) is -0.270. The predicted molar refractivity (Wildman–Crippen MR) is 72.4 cm³/mol. The number of likely N-dealkylation sites (N-methyl/N-ethyl adjacent to an activating group) is 1. The van der Waals surface area contributed by atoms with E-state index in [1.54, 1.807) is 11.9 Å². The molecule has 8 nitrogen and oxygen atoms in total. The molecular formula is C12H21N5O3. The van der Waals surface area contributed by atoms with Crippen molar-refractivity contribution in [2.45, 2.75) is 32.4 Å². The lowest BCUT2D eigenvalue weighted by Crippen LogP contribution is -2.46. The van der Waals surface area contributed by atoms with Gasteiger partial charge < -0.3 is 14.5 Å². The lowest BCUT2D eigenvalue weighted by molar-refractivity contribution is 0.229. The number of aliphatic hydroxyl groups is 1. The van der Waals surface area contributed by atoms with E-state index in [2.05, 4.69) is 15.5 Å². The molecule has 1 aliphatic heterocycles. The lowest BCUT2D eigenvalue weighted by Gasteiger charge is -2.19. The monoisotopic (exact) mass is 283 g/mol. The molecular weight excluding hydrogens is 262 g/mol. The largest absolute Gasteiger partial charge is 0.395 e. The molecule has 1 aliphatic rings. The van der Waals surface area contributed by atoms with Crippen LogP contribution in [0.5, 0.6) is 0 Å². The molecule has 0 saturated carbocycles. The molecule has 1 aromatic rings. The highest BCUT2D eigenvalue weighted by atomic mass is 16.5. The van der Waals surface area contributed by atoms with Gasteiger partial charge in [-0.1, -0.05) is 20.8 Å². The Morgan fingerprint density at radius 2 is 2.20 bits per heavy atom. The van der Waals surface area contributed by atoms with Crippen LogP contribution in [0.4, 0.5) is 10.7 Å². The molecule has 2 N–H and O–H groups in total. The minimum Gasteiger partial charge on any atom is -0.395 e. The van der Waals surface area contributed by atoms with Gasteiger partial charge in [-0.2, -0.15) is 4.98 Å². The Hall–Kier alpha value is -1.67. The normalized spacial score (nSPS) is 20.1. The predicted octanol–water partition coefficient (Wildman–Crippen LogP) is 0.147. The molecule has 8 heteroatoms. The van der Waals surface area contributed by atoms with Crippen molar-refractivity contribution in [2.24, 2.45) is 0 Å². The third-order valence-corrected chi connectivity index (χ3v) is 3.06. The summed E-state index contributed by atoms with van der Waals surface area (Å²) in [5, 5.41) is 15.9. The van der Waals surface area contributed by atoms with Crippen molar-refractivity contribution < 1.29 is 14.4 Å². The number of amides is 2. The molecule has 20 heavy (non-hydrogen) atoms. The van der Waals surface area contributed by atoms with Crippen molar-refractivity contribution >= 4 is 12.0 Å². The molecule has 0 aliphatic carbocycles. The number of carbonyl (C=O) groups excluding carboxylic acids is 1. The van der Waals surface area contributed by atoms with Gasteiger partial charge in [0.2, 0.25) is 5.89 Å². The van der Waals surface area contributed by atoms with Crippen LogP contribution in [0.2, 0.25) is 0 Å². The SMILES string of the molecule is CN1CC(NCCO)N(c2noc(C(C)(C)C)n2)C1=O. The van der Waals surface area contributed by atoms with Gasteiger partial charge in [0.1, 0.15) is 6.17 Å². The van der Waals surface area contributed by atoms with Gasteiger partial charge in [0, 0.05) is 19.0 Å². The first-order valence-electron chi connectivity index (χ1n) is 6.57. The number of nitrogens with zero attached hydrogens (tertiary/aromatic N) is 4. The van der Waals surface area contributed by atoms with E-state index in [1.807, 2.05) is 20.8 Å². The maximum Gasteiger partial charge on any atom is 0.328 e. The zero-order chi connectivity index (χ0) is 14.9. The average Bonchev–Trinajstić information content (AvgIpc) is 2.93. The summed E-state index contributed by atoms with van der Waals surface area (Å²) in [7, 11) is 1.71. The zero-order valence-corrected chi connectivity index (χ0v) is 12.3. The topological polar surface area (TPSA) is 94.7 Å². The Labute approximate surface area is 117 Å². The van der Waals surface area contributed by atoms with Crippen LogP contribution in [-0.2, 0) is 5.41 Å². The molecule has 0 radical (unpaired) electrons. The zero-order valence-electron chi connectivity index (χ0n) is 12.3. The number of hydrogen-bond donors (Lipinski definition) is 2. The molecule has 2 rings (SSSR count). The molecule has 1 fully saturated rings. The van der Waals surface area contributed by atoms with Crippen LogP contribution in [-0.4, -0.2) is 59.1 Å². The third-order valence-electron chi connectivity index (χ3n) is 3.06. The van der Waals surface area contributed by atoms with Gasteiger partial charge in [-0.05, 0) is 5.16 Å². The van der Waals surface area contributed by atoms with E-state index in [0.29, 0.717) is 19.0 Å². The number of carbonyl (C=O) groups is 1. The number of hydrogen-bond acceptors (Lipinski definition) is 6. The van der Waals surface area contributed by atoms with Crippen molar-refractivity contribution in [3.8, 4) is 0 Å². The summed E-state index contributed by atoms with van der Waals surface area (Å²) < 4.78 is 5.23. The van der Waals surface area contributed by atoms with Crippen molar-refractivity contribution in [2.75, 3.05) is 31.6 Å². The molecule has 2 heterocycles. The van der Waals surface area contributed by atoms with Crippen LogP contribution >= 0.6 is 0 Å². The van der Waals surface area contributed by atoms with Crippen LogP contribution in [0.1, 0.15) is 26.7 Å². The van der Waals surface area contributed by atoms with E-state index in [-0.39, 0.29) is 30.2 Å². The number of urea groups is 1. The van der Waals surface area contributed by atoms with E-state index in [4.69, 9.17) is 9.63 Å². The van der Waals surface area contributed by atoms with Crippen LogP contribution in [0.15, 0.2) is 4.52 Å². The van der Waals surface area contributed by atoms with Crippen LogP contribution in [0, 0.1) is 0 Å². The second-order valence-corrected chi connectivity index (χ2v) is 5.88. The Kier molecular flexibility index (Phi) is 3.96. The number of aromatic nitrogens is 2. The fourth-order valence-electron chi connectivity index (χ4n) is 1.97. The summed E-state index contributed by atoms with van der Waals surface area (Å²) in [6.45, 7) is 6.78. The summed E-state index contributed by atoms with van der Waals surface area (Å²) in [4.78, 5) is 19.5. The van der Waals surface area contributed by atoms with Gasteiger partial charge in [0.25, 0.3) is 5.95 Å². The molecule has 112 valence electrons. The highest BCUT2D eigenvalue weighted by molar-refractivity contribution is 5.92. The Morgan fingerprint density at radius 1 is 1.50 bits per heavy atom. The number of nitrogens with one attached hydrogen (secondary N) is 1. The smallest absolute Gasteiger partial charge is 0.328 e. The maximum atomic E-state index is 12.2. The second-order valence-electron chi connectivity index (χ2n) is 5.88. The van der Waals surface area contributed by atoms with Crippen molar-refractivity contribution in [1.29, 1.82) is 0 Å². The number of anilines is 1. The number of aliphatic hydroxyl groups excluding tert-OH is 1. The van der Waals surface area contributed by atoms with Crippen LogP contribution in [0.3, 0.4) is 0 Å². The summed E-state index contributed by atoms with van der Waals surface area (Å²) in [6.07, 6.45) is -0.273. The molecule has 0 bridgehead atoms. The Balaban J connectivity index is 2.23. The maximum absolute atomic E-state index is 12.2. The molecule has 1 saturated heterocycles. The third kappa shape index (κ3) is 2.75. The van der Waals surface area contributed by atoms with Crippen molar-refractivity contribution in [3.63, 3.8) is 0 Å². The first-order valence-corrected chi connectivity index (χ1v) is 6.57. The molecule has 2 amide bonds. The fraction of sp³-hybridized carbons (Fsp3) is 0.750. The number of rotatable bonds is 4. The van der Waals surface area contributed by atoms with Gasteiger partial charge >= 0.3 is 6.03 Å². The minimum absolute atomic E-state index is 0.00172. The van der Waals surface area contributed by atoms with Gasteiger partial charge in [0.15, 0.2) is 0 Å². The van der Waals surface area contributed by atoms with Gasteiger partial charge in [-0.3, -0.25) is 5.32 Å². The van der Waals surface area contributed by atoms with Gasteiger partial charge in [-0.15, -0.1) is 0 Å². The van der Waals surface area contributed by atoms with Crippen molar-refractivity contribution in [3.05, 3.63) is 5.89 Å². The van der Waals surface area contributed by atoms with E-state index in [1.165, 1.54) is 4.90 Å². The molecule has 0 aromatic carbocycles. The lowest BCUT2D eigenvalue weighted by atomic mass is 9.97. The van der Waals surface area contributed by atoms with Gasteiger partial charge in [0.05, 0.1) is 13.2 Å². The summed E-state index contributed by atoms with van der Waals surface area (Å²) in [5.74, 6) is 0.732. The average molecular weight is 283 g/mol. The second kappa shape index (κ2) is 5.37. The first kappa shape index (κ1) is 14.7. The van der Waals surface area contributed by atoms with Crippen molar-refractivity contribution in [1.82, 2.24) is 20.4 Å². The minimum atomic E-state index is -0.273. The highest BCUT2D eigenvalue weighted by Crippen LogP contribution is 2.25. The molecule has 1 atom stereocenters. The molecule has 1 unspecified atom stereocenters. The van der Waals surface area contributed by atoms with E-state index >= 15 is 0 Å². The van der Waals surface area contributed by atoms with Crippen LogP contribution in [0.25, 0.3) is 0 Å².